The lowest BCUT2D eigenvalue weighted by molar-refractivity contribution is -0.0534. The summed E-state index contributed by atoms with van der Waals surface area (Å²) in [7, 11) is 3.58. The lowest BCUT2D eigenvalue weighted by atomic mass is 9.85. The molecule has 86 valence electrons. The van der Waals surface area contributed by atoms with E-state index in [1.807, 2.05) is 7.11 Å². The van der Waals surface area contributed by atoms with Crippen LogP contribution in [0.1, 0.15) is 46.5 Å². The summed E-state index contributed by atoms with van der Waals surface area (Å²) in [5, 5.41) is 0. The van der Waals surface area contributed by atoms with Crippen molar-refractivity contribution in [2.75, 3.05) is 20.8 Å². The first-order valence-electron chi connectivity index (χ1n) is 5.64. The maximum atomic E-state index is 5.71. The summed E-state index contributed by atoms with van der Waals surface area (Å²) >= 11 is 0. The van der Waals surface area contributed by atoms with Gasteiger partial charge in [-0.1, -0.05) is 27.2 Å². The molecule has 1 atom stereocenters. The fourth-order valence-corrected chi connectivity index (χ4v) is 2.10. The summed E-state index contributed by atoms with van der Waals surface area (Å²) < 4.78 is 10.9. The molecule has 0 heterocycles. The number of hydrogen-bond donors (Lipinski definition) is 0. The van der Waals surface area contributed by atoms with Crippen LogP contribution in [-0.4, -0.2) is 26.4 Å². The van der Waals surface area contributed by atoms with Crippen molar-refractivity contribution in [3.8, 4) is 0 Å². The third kappa shape index (κ3) is 4.97. The van der Waals surface area contributed by atoms with Gasteiger partial charge in [0.25, 0.3) is 0 Å². The first-order valence-corrected chi connectivity index (χ1v) is 5.64. The second-order valence-corrected chi connectivity index (χ2v) is 4.48. The Balaban J connectivity index is 4.26. The lowest BCUT2D eigenvalue weighted by Crippen LogP contribution is -2.34. The molecule has 14 heavy (non-hydrogen) atoms. The summed E-state index contributed by atoms with van der Waals surface area (Å²) in [5.74, 6) is 0.679. The molecule has 0 fully saturated rings. The van der Waals surface area contributed by atoms with Crippen molar-refractivity contribution in [3.05, 3.63) is 0 Å². The predicted octanol–water partition coefficient (Wildman–Crippen LogP) is 3.25. The van der Waals surface area contributed by atoms with Crippen molar-refractivity contribution >= 4 is 0 Å². The molecule has 0 amide bonds. The maximum Gasteiger partial charge on any atom is 0.0703 e. The van der Waals surface area contributed by atoms with Crippen LogP contribution >= 0.6 is 0 Å². The Morgan fingerprint density at radius 3 is 2.14 bits per heavy atom. The number of ether oxygens (including phenoxy) is 2. The average Bonchev–Trinajstić information content (AvgIpc) is 2.14. The van der Waals surface area contributed by atoms with Gasteiger partial charge in [0.15, 0.2) is 0 Å². The molecule has 0 aliphatic rings. The van der Waals surface area contributed by atoms with Gasteiger partial charge in [0.2, 0.25) is 0 Å². The van der Waals surface area contributed by atoms with Crippen LogP contribution in [0, 0.1) is 5.92 Å². The normalized spacial score (nSPS) is 15.9. The fourth-order valence-electron chi connectivity index (χ4n) is 2.10. The molecule has 0 aliphatic heterocycles. The Kier molecular flexibility index (Phi) is 7.20. The van der Waals surface area contributed by atoms with Crippen molar-refractivity contribution in [2.45, 2.75) is 52.1 Å². The van der Waals surface area contributed by atoms with Crippen molar-refractivity contribution in [3.63, 3.8) is 0 Å². The summed E-state index contributed by atoms with van der Waals surface area (Å²) in [5.41, 5.74) is 0.0406. The molecule has 2 heteroatoms. The highest BCUT2D eigenvalue weighted by Gasteiger charge is 2.29. The summed E-state index contributed by atoms with van der Waals surface area (Å²) in [6.45, 7) is 7.49. The average molecular weight is 202 g/mol. The molecule has 0 spiro atoms. The van der Waals surface area contributed by atoms with Crippen LogP contribution < -0.4 is 0 Å². The third-order valence-corrected chi connectivity index (χ3v) is 2.68. The van der Waals surface area contributed by atoms with E-state index in [2.05, 4.69) is 20.8 Å². The highest BCUT2D eigenvalue weighted by molar-refractivity contribution is 4.81. The van der Waals surface area contributed by atoms with E-state index in [0.717, 1.165) is 25.9 Å². The van der Waals surface area contributed by atoms with E-state index in [-0.39, 0.29) is 5.60 Å². The maximum absolute atomic E-state index is 5.71. The predicted molar refractivity (Wildman–Crippen MR) is 60.6 cm³/mol. The van der Waals surface area contributed by atoms with Gasteiger partial charge in [-0.25, -0.2) is 0 Å². The van der Waals surface area contributed by atoms with Crippen LogP contribution in [0.2, 0.25) is 0 Å². The van der Waals surface area contributed by atoms with E-state index in [9.17, 15) is 0 Å². The van der Waals surface area contributed by atoms with E-state index in [1.165, 1.54) is 6.42 Å². The summed E-state index contributed by atoms with van der Waals surface area (Å²) in [6, 6.07) is 0. The molecule has 0 radical (unpaired) electrons. The second kappa shape index (κ2) is 7.24. The van der Waals surface area contributed by atoms with Gasteiger partial charge in [0.05, 0.1) is 5.60 Å². The van der Waals surface area contributed by atoms with Crippen LogP contribution in [0.5, 0.6) is 0 Å². The minimum atomic E-state index is 0.0406. The first-order chi connectivity index (χ1) is 6.60. The molecule has 2 nitrogen and oxygen atoms in total. The molecular weight excluding hydrogens is 176 g/mol. The first kappa shape index (κ1) is 13.9. The second-order valence-electron chi connectivity index (χ2n) is 4.48. The van der Waals surface area contributed by atoms with Gasteiger partial charge >= 0.3 is 0 Å². The molecule has 1 unspecified atom stereocenters. The standard InChI is InChI=1S/C12H26O2/c1-6-7-12(14-5,8-9-13-4)10-11(2)3/h11H,6-10H2,1-5H3. The van der Waals surface area contributed by atoms with Crippen LogP contribution in [0.3, 0.4) is 0 Å². The topological polar surface area (TPSA) is 18.5 Å². The molecule has 0 aromatic rings. The van der Waals surface area contributed by atoms with E-state index in [1.54, 1.807) is 7.11 Å². The monoisotopic (exact) mass is 202 g/mol. The zero-order valence-electron chi connectivity index (χ0n) is 10.4. The quantitative estimate of drug-likeness (QED) is 0.601. The largest absolute Gasteiger partial charge is 0.385 e. The van der Waals surface area contributed by atoms with E-state index in [0.29, 0.717) is 5.92 Å². The van der Waals surface area contributed by atoms with Crippen molar-refractivity contribution in [2.24, 2.45) is 5.92 Å². The summed E-state index contributed by atoms with van der Waals surface area (Å²) in [4.78, 5) is 0. The number of rotatable bonds is 8. The van der Waals surface area contributed by atoms with Gasteiger partial charge in [0, 0.05) is 20.8 Å². The van der Waals surface area contributed by atoms with Gasteiger partial charge < -0.3 is 9.47 Å². The van der Waals surface area contributed by atoms with E-state index < -0.39 is 0 Å². The van der Waals surface area contributed by atoms with E-state index >= 15 is 0 Å². The van der Waals surface area contributed by atoms with E-state index in [4.69, 9.17) is 9.47 Å². The molecule has 0 aromatic heterocycles. The lowest BCUT2D eigenvalue weighted by Gasteiger charge is -2.33. The zero-order valence-corrected chi connectivity index (χ0v) is 10.4. The Morgan fingerprint density at radius 1 is 1.14 bits per heavy atom. The van der Waals surface area contributed by atoms with Gasteiger partial charge in [-0.3, -0.25) is 0 Å². The van der Waals surface area contributed by atoms with Crippen LogP contribution in [0.25, 0.3) is 0 Å². The molecular formula is C12H26O2. The fraction of sp³-hybridized carbons (Fsp3) is 1.00. The highest BCUT2D eigenvalue weighted by atomic mass is 16.5. The minimum Gasteiger partial charge on any atom is -0.385 e. The Bertz CT molecular complexity index is 134. The molecule has 0 N–H and O–H groups in total. The Labute approximate surface area is 89.0 Å². The molecule has 0 aromatic carbocycles. The number of methoxy groups -OCH3 is 2. The van der Waals surface area contributed by atoms with Gasteiger partial charge in [-0.2, -0.15) is 0 Å². The highest BCUT2D eigenvalue weighted by Crippen LogP contribution is 2.29. The molecule has 0 aliphatic carbocycles. The van der Waals surface area contributed by atoms with Crippen molar-refractivity contribution < 1.29 is 9.47 Å². The molecule has 0 saturated carbocycles. The van der Waals surface area contributed by atoms with Gasteiger partial charge in [-0.05, 0) is 25.2 Å². The Morgan fingerprint density at radius 2 is 1.79 bits per heavy atom. The van der Waals surface area contributed by atoms with Crippen LogP contribution in [-0.2, 0) is 9.47 Å². The summed E-state index contributed by atoms with van der Waals surface area (Å²) in [6.07, 6.45) is 4.43. The minimum absolute atomic E-state index is 0.0406. The van der Waals surface area contributed by atoms with Crippen molar-refractivity contribution in [1.29, 1.82) is 0 Å². The SMILES string of the molecule is CCCC(CCOC)(CC(C)C)OC. The van der Waals surface area contributed by atoms with Crippen molar-refractivity contribution in [1.82, 2.24) is 0 Å². The Hall–Kier alpha value is -0.0800. The smallest absolute Gasteiger partial charge is 0.0703 e. The zero-order chi connectivity index (χ0) is 11.0. The molecule has 0 saturated heterocycles. The van der Waals surface area contributed by atoms with Gasteiger partial charge in [0.1, 0.15) is 0 Å². The number of hydrogen-bond acceptors (Lipinski definition) is 2. The third-order valence-electron chi connectivity index (χ3n) is 2.68. The van der Waals surface area contributed by atoms with Crippen LogP contribution in [0.4, 0.5) is 0 Å². The van der Waals surface area contributed by atoms with Gasteiger partial charge in [-0.15, -0.1) is 0 Å². The van der Waals surface area contributed by atoms with Crippen LogP contribution in [0.15, 0.2) is 0 Å². The molecule has 0 rings (SSSR count). The molecule has 0 bridgehead atoms.